The minimum atomic E-state index is -0.771. The largest absolute Gasteiger partial charge is 0.503 e. The Kier molecular flexibility index (Phi) is 4.90. The van der Waals surface area contributed by atoms with Crippen LogP contribution in [-0.2, 0) is 9.59 Å². The highest BCUT2D eigenvalue weighted by molar-refractivity contribution is 6.08. The Morgan fingerprint density at radius 1 is 1.26 bits per heavy atom. The maximum atomic E-state index is 12.2. The van der Waals surface area contributed by atoms with E-state index >= 15 is 0 Å². The molecular formula is C16H19NO6. The summed E-state index contributed by atoms with van der Waals surface area (Å²) in [5.41, 5.74) is 0.592. The Labute approximate surface area is 133 Å². The van der Waals surface area contributed by atoms with Crippen molar-refractivity contribution in [1.29, 1.82) is 0 Å². The second-order valence-corrected chi connectivity index (χ2v) is 5.06. The Bertz CT molecular complexity index is 667. The highest BCUT2D eigenvalue weighted by atomic mass is 16.5. The predicted molar refractivity (Wildman–Crippen MR) is 81.4 cm³/mol. The first-order chi connectivity index (χ1) is 11.0. The topological polar surface area (TPSA) is 96.3 Å². The summed E-state index contributed by atoms with van der Waals surface area (Å²) < 4.78 is 10.4. The Hall–Kier alpha value is -2.54. The second-order valence-electron chi connectivity index (χ2n) is 5.06. The highest BCUT2D eigenvalue weighted by Crippen LogP contribution is 2.40. The summed E-state index contributed by atoms with van der Waals surface area (Å²) in [5, 5.41) is 19.2. The van der Waals surface area contributed by atoms with Gasteiger partial charge in [-0.2, -0.15) is 0 Å². The van der Waals surface area contributed by atoms with Crippen LogP contribution in [-0.4, -0.2) is 54.2 Å². The van der Waals surface area contributed by atoms with E-state index in [9.17, 15) is 19.8 Å². The smallest absolute Gasteiger partial charge is 0.290 e. The molecule has 23 heavy (non-hydrogen) atoms. The van der Waals surface area contributed by atoms with Crippen molar-refractivity contribution in [3.8, 4) is 11.5 Å². The van der Waals surface area contributed by atoms with Gasteiger partial charge in [0.1, 0.15) is 0 Å². The van der Waals surface area contributed by atoms with E-state index in [2.05, 4.69) is 0 Å². The lowest BCUT2D eigenvalue weighted by molar-refractivity contribution is -0.129. The van der Waals surface area contributed by atoms with Crippen LogP contribution in [0.25, 0.3) is 0 Å². The number of amides is 1. The quantitative estimate of drug-likeness (QED) is 0.811. The summed E-state index contributed by atoms with van der Waals surface area (Å²) in [6.45, 7) is 1.00. The molecule has 1 aliphatic heterocycles. The minimum Gasteiger partial charge on any atom is -0.503 e. The van der Waals surface area contributed by atoms with Crippen molar-refractivity contribution in [2.45, 2.75) is 13.0 Å². The lowest BCUT2D eigenvalue weighted by Crippen LogP contribution is -2.33. The van der Waals surface area contributed by atoms with Crippen molar-refractivity contribution in [1.82, 2.24) is 4.90 Å². The molecule has 7 nitrogen and oxygen atoms in total. The van der Waals surface area contributed by atoms with Gasteiger partial charge in [-0.3, -0.25) is 9.59 Å². The molecule has 0 aromatic heterocycles. The van der Waals surface area contributed by atoms with Gasteiger partial charge in [0.25, 0.3) is 5.91 Å². The van der Waals surface area contributed by atoms with Crippen LogP contribution < -0.4 is 9.47 Å². The molecule has 1 heterocycles. The number of methoxy groups -OCH3 is 2. The molecular weight excluding hydrogens is 302 g/mol. The van der Waals surface area contributed by atoms with Crippen molar-refractivity contribution in [3.63, 3.8) is 0 Å². The third kappa shape index (κ3) is 2.87. The van der Waals surface area contributed by atoms with Crippen LogP contribution in [0.2, 0.25) is 0 Å². The van der Waals surface area contributed by atoms with Crippen LogP contribution in [0.15, 0.2) is 29.5 Å². The van der Waals surface area contributed by atoms with Gasteiger partial charge in [0.2, 0.25) is 0 Å². The molecule has 0 fully saturated rings. The number of Topliss-reactive ketones (excluding diaryl/α,β-unsaturated/α-hetero) is 1. The average molecular weight is 321 g/mol. The summed E-state index contributed by atoms with van der Waals surface area (Å²) in [7, 11) is 2.98. The summed E-state index contributed by atoms with van der Waals surface area (Å²) in [5.74, 6) is -0.714. The zero-order valence-corrected chi connectivity index (χ0v) is 13.2. The third-order valence-electron chi connectivity index (χ3n) is 3.75. The highest BCUT2D eigenvalue weighted by Gasteiger charge is 2.42. The van der Waals surface area contributed by atoms with Gasteiger partial charge in [-0.1, -0.05) is 6.07 Å². The molecule has 1 aromatic rings. The van der Waals surface area contributed by atoms with Crippen molar-refractivity contribution in [2.75, 3.05) is 27.4 Å². The van der Waals surface area contributed by atoms with Crippen LogP contribution in [0.5, 0.6) is 11.5 Å². The first-order valence-corrected chi connectivity index (χ1v) is 7.04. The summed E-state index contributed by atoms with van der Waals surface area (Å²) in [6.07, 6.45) is 0. The fourth-order valence-electron chi connectivity index (χ4n) is 2.72. The standard InChI is InChI=1S/C16H19NO6/c1-9(19)13-14(17(6-7-18)16(21)15(13)20)10-4-5-11(22-2)12(8-10)23-3/h4-5,8,14,18,20H,6-7H2,1-3H3. The SMILES string of the molecule is COc1ccc(C2C(C(C)=O)=C(O)C(=O)N2CCO)cc1OC. The van der Waals surface area contributed by atoms with E-state index in [1.54, 1.807) is 18.2 Å². The van der Waals surface area contributed by atoms with E-state index in [4.69, 9.17) is 9.47 Å². The van der Waals surface area contributed by atoms with Gasteiger partial charge in [-0.05, 0) is 24.6 Å². The van der Waals surface area contributed by atoms with E-state index in [1.165, 1.54) is 26.0 Å². The number of carbonyl (C=O) groups excluding carboxylic acids is 2. The molecule has 2 N–H and O–H groups in total. The summed E-state index contributed by atoms with van der Waals surface area (Å²) >= 11 is 0. The summed E-state index contributed by atoms with van der Waals surface area (Å²) in [6, 6.07) is 4.21. The molecule has 2 rings (SSSR count). The number of hydrogen-bond donors (Lipinski definition) is 2. The number of rotatable bonds is 6. The number of hydrogen-bond acceptors (Lipinski definition) is 6. The summed E-state index contributed by atoms with van der Waals surface area (Å²) in [4.78, 5) is 25.3. The van der Waals surface area contributed by atoms with E-state index in [0.717, 1.165) is 0 Å². The van der Waals surface area contributed by atoms with Gasteiger partial charge in [-0.25, -0.2) is 0 Å². The van der Waals surface area contributed by atoms with Crippen LogP contribution in [0.4, 0.5) is 0 Å². The normalized spacial score (nSPS) is 17.7. The third-order valence-corrected chi connectivity index (χ3v) is 3.75. The minimum absolute atomic E-state index is 0.00130. The first kappa shape index (κ1) is 16.8. The van der Waals surface area contributed by atoms with Gasteiger partial charge >= 0.3 is 0 Å². The number of aliphatic hydroxyl groups is 2. The fraction of sp³-hybridized carbons (Fsp3) is 0.375. The number of ketones is 1. The van der Waals surface area contributed by atoms with Crippen LogP contribution in [0.3, 0.4) is 0 Å². The van der Waals surface area contributed by atoms with Gasteiger partial charge in [0, 0.05) is 6.54 Å². The molecule has 0 saturated heterocycles. The van der Waals surface area contributed by atoms with Gasteiger partial charge in [0.15, 0.2) is 23.0 Å². The van der Waals surface area contributed by atoms with E-state index < -0.39 is 23.5 Å². The van der Waals surface area contributed by atoms with Crippen molar-refractivity contribution in [3.05, 3.63) is 35.1 Å². The number of nitrogens with zero attached hydrogens (tertiary/aromatic N) is 1. The molecule has 0 saturated carbocycles. The maximum Gasteiger partial charge on any atom is 0.290 e. The number of aliphatic hydroxyl groups excluding tert-OH is 2. The zero-order valence-electron chi connectivity index (χ0n) is 13.2. The van der Waals surface area contributed by atoms with Crippen LogP contribution in [0.1, 0.15) is 18.5 Å². The van der Waals surface area contributed by atoms with Gasteiger partial charge < -0.3 is 24.6 Å². The zero-order chi connectivity index (χ0) is 17.1. The molecule has 1 unspecified atom stereocenters. The average Bonchev–Trinajstić information content (AvgIpc) is 2.79. The molecule has 124 valence electrons. The van der Waals surface area contributed by atoms with Gasteiger partial charge in [-0.15, -0.1) is 0 Å². The Morgan fingerprint density at radius 3 is 2.43 bits per heavy atom. The first-order valence-electron chi connectivity index (χ1n) is 7.04. The molecule has 7 heteroatoms. The monoisotopic (exact) mass is 321 g/mol. The van der Waals surface area contributed by atoms with Crippen LogP contribution in [0, 0.1) is 0 Å². The number of β-amino-alcohol motifs (C(OH)–C–C–N with tert-alkyl or cyclic N) is 1. The second kappa shape index (κ2) is 6.70. The molecule has 1 aromatic carbocycles. The van der Waals surface area contributed by atoms with E-state index in [1.807, 2.05) is 0 Å². The molecule has 0 aliphatic carbocycles. The Balaban J connectivity index is 2.56. The lowest BCUT2D eigenvalue weighted by atomic mass is 9.96. The van der Waals surface area contributed by atoms with E-state index in [-0.39, 0.29) is 18.7 Å². The van der Waals surface area contributed by atoms with Crippen LogP contribution >= 0.6 is 0 Å². The maximum absolute atomic E-state index is 12.2. The molecule has 0 bridgehead atoms. The molecule has 1 amide bonds. The molecule has 0 spiro atoms. The van der Waals surface area contributed by atoms with E-state index in [0.29, 0.717) is 17.1 Å². The fourth-order valence-corrected chi connectivity index (χ4v) is 2.72. The molecule has 1 atom stereocenters. The molecule has 1 aliphatic rings. The number of carbonyl (C=O) groups is 2. The lowest BCUT2D eigenvalue weighted by Gasteiger charge is -2.26. The van der Waals surface area contributed by atoms with Crippen molar-refractivity contribution >= 4 is 11.7 Å². The van der Waals surface area contributed by atoms with Crippen molar-refractivity contribution in [2.24, 2.45) is 0 Å². The Morgan fingerprint density at radius 2 is 1.91 bits per heavy atom. The number of benzene rings is 1. The molecule has 0 radical (unpaired) electrons. The van der Waals surface area contributed by atoms with Gasteiger partial charge in [0.05, 0.1) is 32.4 Å². The van der Waals surface area contributed by atoms with Crippen molar-refractivity contribution < 1.29 is 29.3 Å². The number of ether oxygens (including phenoxy) is 2. The predicted octanol–water partition coefficient (Wildman–Crippen LogP) is 0.980.